The van der Waals surface area contributed by atoms with Gasteiger partial charge in [0.25, 0.3) is 0 Å². The third-order valence-electron chi connectivity index (χ3n) is 4.31. The summed E-state index contributed by atoms with van der Waals surface area (Å²) in [6, 6.07) is 11.7. The van der Waals surface area contributed by atoms with E-state index in [2.05, 4.69) is 5.10 Å². The van der Waals surface area contributed by atoms with Crippen molar-refractivity contribution in [3.63, 3.8) is 0 Å². The Morgan fingerprint density at radius 1 is 1.20 bits per heavy atom. The molecule has 4 nitrogen and oxygen atoms in total. The average molecular weight is 272 g/mol. The Morgan fingerprint density at radius 3 is 2.55 bits per heavy atom. The van der Waals surface area contributed by atoms with Crippen molar-refractivity contribution in [1.82, 2.24) is 9.78 Å². The predicted octanol–water partition coefficient (Wildman–Crippen LogP) is 2.86. The Hall–Kier alpha value is -1.65. The van der Waals surface area contributed by atoms with Gasteiger partial charge in [0.05, 0.1) is 17.0 Å². The van der Waals surface area contributed by atoms with Gasteiger partial charge in [-0.1, -0.05) is 31.0 Å². The molecule has 1 heterocycles. The van der Waals surface area contributed by atoms with Gasteiger partial charge < -0.3 is 9.84 Å². The Morgan fingerprint density at radius 2 is 1.90 bits per heavy atom. The summed E-state index contributed by atoms with van der Waals surface area (Å²) in [6.07, 6.45) is 5.06. The molecule has 1 aromatic carbocycles. The van der Waals surface area contributed by atoms with Crippen molar-refractivity contribution >= 4 is 0 Å². The van der Waals surface area contributed by atoms with Gasteiger partial charge in [-0.15, -0.1) is 0 Å². The molecule has 0 amide bonds. The Bertz CT molecular complexity index is 559. The zero-order valence-electron chi connectivity index (χ0n) is 11.7. The van der Waals surface area contributed by atoms with Crippen LogP contribution in [0.4, 0.5) is 0 Å². The molecular weight excluding hydrogens is 252 g/mol. The van der Waals surface area contributed by atoms with Crippen molar-refractivity contribution in [3.05, 3.63) is 48.3 Å². The topological polar surface area (TPSA) is 47.3 Å². The van der Waals surface area contributed by atoms with E-state index in [0.717, 1.165) is 37.1 Å². The fourth-order valence-corrected chi connectivity index (χ4v) is 3.14. The number of rotatable bonds is 4. The van der Waals surface area contributed by atoms with Gasteiger partial charge in [-0.2, -0.15) is 5.10 Å². The second-order valence-corrected chi connectivity index (χ2v) is 5.38. The van der Waals surface area contributed by atoms with Crippen LogP contribution >= 0.6 is 0 Å². The first-order chi connectivity index (χ1) is 9.77. The SMILES string of the molecule is COC1(C(O)c2ccnn2-c2ccccc2)CCCC1. The number of para-hydroxylation sites is 1. The number of methoxy groups -OCH3 is 1. The first-order valence-electron chi connectivity index (χ1n) is 7.09. The summed E-state index contributed by atoms with van der Waals surface area (Å²) in [6.45, 7) is 0. The summed E-state index contributed by atoms with van der Waals surface area (Å²) >= 11 is 0. The Labute approximate surface area is 119 Å². The van der Waals surface area contributed by atoms with Gasteiger partial charge in [0.2, 0.25) is 0 Å². The molecule has 3 rings (SSSR count). The van der Waals surface area contributed by atoms with Crippen LogP contribution in [0.15, 0.2) is 42.6 Å². The predicted molar refractivity (Wildman–Crippen MR) is 76.7 cm³/mol. The van der Waals surface area contributed by atoms with Crippen LogP contribution in [0.1, 0.15) is 37.5 Å². The summed E-state index contributed by atoms with van der Waals surface area (Å²) in [4.78, 5) is 0. The molecule has 1 saturated carbocycles. The highest BCUT2D eigenvalue weighted by atomic mass is 16.5. The fourth-order valence-electron chi connectivity index (χ4n) is 3.14. The molecule has 1 aliphatic rings. The van der Waals surface area contributed by atoms with Crippen LogP contribution in [0.5, 0.6) is 0 Å². The van der Waals surface area contributed by atoms with Crippen molar-refractivity contribution < 1.29 is 9.84 Å². The van der Waals surface area contributed by atoms with Crippen LogP contribution in [-0.4, -0.2) is 27.6 Å². The number of aliphatic hydroxyl groups is 1. The van der Waals surface area contributed by atoms with Gasteiger partial charge in [0, 0.05) is 13.3 Å². The van der Waals surface area contributed by atoms with Crippen molar-refractivity contribution in [2.24, 2.45) is 0 Å². The number of benzene rings is 1. The molecule has 0 spiro atoms. The van der Waals surface area contributed by atoms with Crippen LogP contribution in [0, 0.1) is 0 Å². The van der Waals surface area contributed by atoms with Crippen LogP contribution < -0.4 is 0 Å². The van der Waals surface area contributed by atoms with E-state index in [1.165, 1.54) is 0 Å². The summed E-state index contributed by atoms with van der Waals surface area (Å²) in [5.74, 6) is 0. The van der Waals surface area contributed by atoms with Crippen molar-refractivity contribution in [2.45, 2.75) is 37.4 Å². The number of aromatic nitrogens is 2. The standard InChI is InChI=1S/C16H20N2O2/c1-20-16(10-5-6-11-16)15(19)14-9-12-17-18(14)13-7-3-2-4-8-13/h2-4,7-9,12,15,19H,5-6,10-11H2,1H3. The summed E-state index contributed by atoms with van der Waals surface area (Å²) in [5.41, 5.74) is 1.28. The smallest absolute Gasteiger partial charge is 0.125 e. The second kappa shape index (κ2) is 5.38. The number of ether oxygens (including phenoxy) is 1. The molecule has 1 aliphatic carbocycles. The van der Waals surface area contributed by atoms with E-state index in [1.54, 1.807) is 18.0 Å². The first kappa shape index (κ1) is 13.3. The molecule has 0 saturated heterocycles. The van der Waals surface area contributed by atoms with E-state index in [1.807, 2.05) is 36.4 Å². The molecule has 1 N–H and O–H groups in total. The lowest BCUT2D eigenvalue weighted by molar-refractivity contribution is -0.102. The Kier molecular flexibility index (Phi) is 3.59. The number of nitrogens with zero attached hydrogens (tertiary/aromatic N) is 2. The van der Waals surface area contributed by atoms with Crippen LogP contribution in [0.2, 0.25) is 0 Å². The molecule has 0 radical (unpaired) electrons. The van der Waals surface area contributed by atoms with Crippen LogP contribution in [0.25, 0.3) is 5.69 Å². The maximum Gasteiger partial charge on any atom is 0.125 e. The first-order valence-corrected chi connectivity index (χ1v) is 7.09. The van der Waals surface area contributed by atoms with Gasteiger partial charge in [-0.3, -0.25) is 0 Å². The van der Waals surface area contributed by atoms with Crippen molar-refractivity contribution in [2.75, 3.05) is 7.11 Å². The molecule has 106 valence electrons. The van der Waals surface area contributed by atoms with E-state index in [4.69, 9.17) is 4.74 Å². The van der Waals surface area contributed by atoms with E-state index in [9.17, 15) is 5.11 Å². The van der Waals surface area contributed by atoms with Gasteiger partial charge >= 0.3 is 0 Å². The van der Waals surface area contributed by atoms with Gasteiger partial charge in [-0.25, -0.2) is 4.68 Å². The van der Waals surface area contributed by atoms with Crippen LogP contribution in [-0.2, 0) is 4.74 Å². The lowest BCUT2D eigenvalue weighted by Gasteiger charge is -2.33. The average Bonchev–Trinajstić information content (AvgIpc) is 3.17. The Balaban J connectivity index is 1.97. The number of hydrogen-bond donors (Lipinski definition) is 1. The van der Waals surface area contributed by atoms with Gasteiger partial charge in [0.1, 0.15) is 6.10 Å². The quantitative estimate of drug-likeness (QED) is 0.931. The minimum atomic E-state index is -0.655. The summed E-state index contributed by atoms with van der Waals surface area (Å²) < 4.78 is 7.48. The van der Waals surface area contributed by atoms with E-state index in [-0.39, 0.29) is 0 Å². The molecule has 4 heteroatoms. The monoisotopic (exact) mass is 272 g/mol. The highest BCUT2D eigenvalue weighted by Crippen LogP contribution is 2.42. The summed E-state index contributed by atoms with van der Waals surface area (Å²) in [5, 5.41) is 15.2. The van der Waals surface area contributed by atoms with Crippen molar-refractivity contribution in [1.29, 1.82) is 0 Å². The third kappa shape index (κ3) is 2.15. The molecule has 0 bridgehead atoms. The van der Waals surface area contributed by atoms with E-state index < -0.39 is 11.7 Å². The largest absolute Gasteiger partial charge is 0.384 e. The molecular formula is C16H20N2O2. The minimum absolute atomic E-state index is 0.466. The maximum absolute atomic E-state index is 10.8. The minimum Gasteiger partial charge on any atom is -0.384 e. The molecule has 1 fully saturated rings. The maximum atomic E-state index is 10.8. The molecule has 1 unspecified atom stereocenters. The summed E-state index contributed by atoms with van der Waals surface area (Å²) in [7, 11) is 1.69. The molecule has 1 aromatic heterocycles. The zero-order valence-corrected chi connectivity index (χ0v) is 11.7. The van der Waals surface area contributed by atoms with Crippen LogP contribution in [0.3, 0.4) is 0 Å². The molecule has 1 atom stereocenters. The second-order valence-electron chi connectivity index (χ2n) is 5.38. The molecule has 2 aromatic rings. The molecule has 20 heavy (non-hydrogen) atoms. The fraction of sp³-hybridized carbons (Fsp3) is 0.438. The normalized spacial score (nSPS) is 19.1. The lowest BCUT2D eigenvalue weighted by Crippen LogP contribution is -2.36. The molecule has 0 aliphatic heterocycles. The van der Waals surface area contributed by atoms with Crippen molar-refractivity contribution in [3.8, 4) is 5.69 Å². The highest BCUT2D eigenvalue weighted by Gasteiger charge is 2.43. The third-order valence-corrected chi connectivity index (χ3v) is 4.31. The highest BCUT2D eigenvalue weighted by molar-refractivity contribution is 5.33. The number of aliphatic hydroxyl groups excluding tert-OH is 1. The van der Waals surface area contributed by atoms with E-state index >= 15 is 0 Å². The number of hydrogen-bond acceptors (Lipinski definition) is 3. The van der Waals surface area contributed by atoms with E-state index in [0.29, 0.717) is 0 Å². The lowest BCUT2D eigenvalue weighted by atomic mass is 9.92. The van der Waals surface area contributed by atoms with Gasteiger partial charge in [-0.05, 0) is 31.0 Å². The zero-order chi connectivity index (χ0) is 14.0. The van der Waals surface area contributed by atoms with Gasteiger partial charge in [0.15, 0.2) is 0 Å².